The van der Waals surface area contributed by atoms with Crippen LogP contribution in [0.5, 0.6) is 0 Å². The van der Waals surface area contributed by atoms with Gasteiger partial charge >= 0.3 is 0 Å². The third-order valence-corrected chi connectivity index (χ3v) is 3.28. The molecule has 1 aromatic heterocycles. The molecule has 0 aliphatic rings. The minimum absolute atomic E-state index is 0.159. The van der Waals surface area contributed by atoms with E-state index in [1.54, 1.807) is 18.3 Å². The summed E-state index contributed by atoms with van der Waals surface area (Å²) in [4.78, 5) is 27.4. The highest BCUT2D eigenvalue weighted by molar-refractivity contribution is 6.42. The number of halogens is 2. The van der Waals surface area contributed by atoms with Crippen molar-refractivity contribution in [2.45, 2.75) is 0 Å². The molecule has 0 radical (unpaired) electrons. The molecular formula is C14H11Cl2N3O2. The maximum Gasteiger partial charge on any atom is 0.251 e. The molecule has 108 valence electrons. The minimum Gasteiger partial charge on any atom is -0.343 e. The molecule has 1 aromatic carbocycles. The first-order valence-electron chi connectivity index (χ1n) is 5.99. The van der Waals surface area contributed by atoms with Crippen molar-refractivity contribution < 1.29 is 9.59 Å². The van der Waals surface area contributed by atoms with E-state index in [9.17, 15) is 9.59 Å². The second kappa shape index (κ2) is 7.06. The van der Waals surface area contributed by atoms with Gasteiger partial charge in [0.15, 0.2) is 0 Å². The Bertz CT molecular complexity index is 663. The molecule has 5 nitrogen and oxygen atoms in total. The summed E-state index contributed by atoms with van der Waals surface area (Å²) < 4.78 is 0. The molecule has 1 heterocycles. The van der Waals surface area contributed by atoms with E-state index in [0.717, 1.165) is 0 Å². The molecule has 0 atom stereocenters. The largest absolute Gasteiger partial charge is 0.343 e. The molecule has 0 bridgehead atoms. The van der Waals surface area contributed by atoms with Gasteiger partial charge in [0.2, 0.25) is 5.91 Å². The maximum absolute atomic E-state index is 11.9. The highest BCUT2D eigenvalue weighted by Crippen LogP contribution is 2.22. The van der Waals surface area contributed by atoms with E-state index < -0.39 is 5.91 Å². The van der Waals surface area contributed by atoms with Crippen LogP contribution in [-0.4, -0.2) is 23.3 Å². The molecule has 2 N–H and O–H groups in total. The van der Waals surface area contributed by atoms with E-state index in [-0.39, 0.29) is 17.5 Å². The van der Waals surface area contributed by atoms with Gasteiger partial charge in [0.1, 0.15) is 0 Å². The topological polar surface area (TPSA) is 71.1 Å². The molecule has 2 rings (SSSR count). The van der Waals surface area contributed by atoms with Crippen LogP contribution in [0.4, 0.5) is 5.69 Å². The lowest BCUT2D eigenvalue weighted by molar-refractivity contribution is -0.115. The van der Waals surface area contributed by atoms with E-state index in [2.05, 4.69) is 15.6 Å². The molecule has 0 spiro atoms. The number of aromatic nitrogens is 1. The molecule has 21 heavy (non-hydrogen) atoms. The number of nitrogens with zero attached hydrogens (tertiary/aromatic N) is 1. The van der Waals surface area contributed by atoms with Crippen LogP contribution in [0.15, 0.2) is 42.7 Å². The quantitative estimate of drug-likeness (QED) is 0.908. The highest BCUT2D eigenvalue weighted by Gasteiger charge is 2.10. The van der Waals surface area contributed by atoms with Crippen LogP contribution in [0.3, 0.4) is 0 Å². The van der Waals surface area contributed by atoms with E-state index in [1.165, 1.54) is 24.4 Å². The minimum atomic E-state index is -0.407. The van der Waals surface area contributed by atoms with Crippen molar-refractivity contribution >= 4 is 40.7 Å². The van der Waals surface area contributed by atoms with Crippen molar-refractivity contribution in [2.75, 3.05) is 11.9 Å². The summed E-state index contributed by atoms with van der Waals surface area (Å²) in [6.07, 6.45) is 3.11. The zero-order chi connectivity index (χ0) is 15.2. The number of rotatable bonds is 4. The Morgan fingerprint density at radius 1 is 1.14 bits per heavy atom. The summed E-state index contributed by atoms with van der Waals surface area (Å²) in [5.41, 5.74) is 0.893. The van der Waals surface area contributed by atoms with Gasteiger partial charge < -0.3 is 10.6 Å². The van der Waals surface area contributed by atoms with Crippen LogP contribution in [-0.2, 0) is 4.79 Å². The Kier molecular flexibility index (Phi) is 5.14. The van der Waals surface area contributed by atoms with Gasteiger partial charge in [-0.3, -0.25) is 14.6 Å². The monoisotopic (exact) mass is 323 g/mol. The van der Waals surface area contributed by atoms with E-state index in [0.29, 0.717) is 16.3 Å². The number of pyridine rings is 1. The average Bonchev–Trinajstić information content (AvgIpc) is 2.48. The molecule has 0 fully saturated rings. The second-order valence-electron chi connectivity index (χ2n) is 4.10. The van der Waals surface area contributed by atoms with Gasteiger partial charge in [0, 0.05) is 11.8 Å². The highest BCUT2D eigenvalue weighted by atomic mass is 35.5. The first-order chi connectivity index (χ1) is 10.1. The molecule has 0 unspecified atom stereocenters. The molecule has 0 aliphatic carbocycles. The zero-order valence-electron chi connectivity index (χ0n) is 10.8. The van der Waals surface area contributed by atoms with Crippen molar-refractivity contribution in [2.24, 2.45) is 0 Å². The van der Waals surface area contributed by atoms with Gasteiger partial charge in [-0.2, -0.15) is 0 Å². The summed E-state index contributed by atoms with van der Waals surface area (Å²) in [6, 6.07) is 7.89. The summed E-state index contributed by atoms with van der Waals surface area (Å²) in [5.74, 6) is -0.758. The van der Waals surface area contributed by atoms with Crippen molar-refractivity contribution in [1.82, 2.24) is 10.3 Å². The van der Waals surface area contributed by atoms with Crippen LogP contribution < -0.4 is 10.6 Å². The second-order valence-corrected chi connectivity index (χ2v) is 4.92. The predicted molar refractivity (Wildman–Crippen MR) is 81.7 cm³/mol. The Hall–Kier alpha value is -2.11. The Morgan fingerprint density at radius 3 is 2.62 bits per heavy atom. The fourth-order valence-electron chi connectivity index (χ4n) is 1.54. The van der Waals surface area contributed by atoms with E-state index >= 15 is 0 Å². The van der Waals surface area contributed by atoms with Gasteiger partial charge in [0.25, 0.3) is 5.91 Å². The summed E-state index contributed by atoms with van der Waals surface area (Å²) in [7, 11) is 0. The number of benzene rings is 1. The van der Waals surface area contributed by atoms with Gasteiger partial charge in [0.05, 0.1) is 28.5 Å². The number of nitrogens with one attached hydrogen (secondary N) is 2. The fourth-order valence-corrected chi connectivity index (χ4v) is 1.84. The molecular weight excluding hydrogens is 313 g/mol. The Morgan fingerprint density at radius 2 is 1.95 bits per heavy atom. The van der Waals surface area contributed by atoms with Crippen LogP contribution in [0.25, 0.3) is 0 Å². The molecule has 2 amide bonds. The third-order valence-electron chi connectivity index (χ3n) is 2.54. The van der Waals surface area contributed by atoms with Crippen LogP contribution in [0.2, 0.25) is 10.0 Å². The lowest BCUT2D eigenvalue weighted by Crippen LogP contribution is -2.32. The van der Waals surface area contributed by atoms with Gasteiger partial charge in [-0.05, 0) is 30.3 Å². The maximum atomic E-state index is 11.9. The van der Waals surface area contributed by atoms with Crippen LogP contribution in [0.1, 0.15) is 10.4 Å². The smallest absolute Gasteiger partial charge is 0.251 e. The van der Waals surface area contributed by atoms with Crippen molar-refractivity contribution in [1.29, 1.82) is 0 Å². The van der Waals surface area contributed by atoms with Crippen LogP contribution >= 0.6 is 23.2 Å². The number of hydrogen-bond donors (Lipinski definition) is 2. The zero-order valence-corrected chi connectivity index (χ0v) is 12.3. The molecule has 0 saturated heterocycles. The normalized spacial score (nSPS) is 10.0. The Labute approximate surface area is 131 Å². The van der Waals surface area contributed by atoms with Crippen LogP contribution in [0, 0.1) is 0 Å². The lowest BCUT2D eigenvalue weighted by atomic mass is 10.2. The summed E-state index contributed by atoms with van der Waals surface area (Å²) in [5, 5.41) is 5.74. The lowest BCUT2D eigenvalue weighted by Gasteiger charge is -2.07. The summed E-state index contributed by atoms with van der Waals surface area (Å²) in [6.45, 7) is -0.159. The van der Waals surface area contributed by atoms with Gasteiger partial charge in [-0.25, -0.2) is 0 Å². The van der Waals surface area contributed by atoms with Crippen molar-refractivity contribution in [3.05, 3.63) is 58.3 Å². The number of carbonyl (C=O) groups excluding carboxylic acids is 2. The molecule has 2 aromatic rings. The first kappa shape index (κ1) is 15.3. The average molecular weight is 324 g/mol. The molecule has 0 aliphatic heterocycles. The fraction of sp³-hybridized carbons (Fsp3) is 0.0714. The molecule has 0 saturated carbocycles. The number of anilines is 1. The number of amides is 2. The SMILES string of the molecule is O=C(CNC(=O)c1ccc(Cl)c(Cl)c1)Nc1cccnc1. The number of hydrogen-bond acceptors (Lipinski definition) is 3. The standard InChI is InChI=1S/C14H11Cl2N3O2/c15-11-4-3-9(6-12(11)16)14(21)18-8-13(20)19-10-2-1-5-17-7-10/h1-7H,8H2,(H,18,21)(H,19,20). The Balaban J connectivity index is 1.89. The summed E-state index contributed by atoms with van der Waals surface area (Å²) >= 11 is 11.6. The van der Waals surface area contributed by atoms with E-state index in [1.807, 2.05) is 0 Å². The van der Waals surface area contributed by atoms with Crippen molar-refractivity contribution in [3.8, 4) is 0 Å². The predicted octanol–water partition coefficient (Wildman–Crippen LogP) is 2.76. The third kappa shape index (κ3) is 4.44. The molecule has 7 heteroatoms. The first-order valence-corrected chi connectivity index (χ1v) is 6.75. The number of carbonyl (C=O) groups is 2. The van der Waals surface area contributed by atoms with Crippen molar-refractivity contribution in [3.63, 3.8) is 0 Å². The van der Waals surface area contributed by atoms with E-state index in [4.69, 9.17) is 23.2 Å². The van der Waals surface area contributed by atoms with Gasteiger partial charge in [-0.1, -0.05) is 23.2 Å². The van der Waals surface area contributed by atoms with Gasteiger partial charge in [-0.15, -0.1) is 0 Å².